The van der Waals surface area contributed by atoms with Crippen LogP contribution < -0.4 is 5.32 Å². The van der Waals surface area contributed by atoms with E-state index in [1.807, 2.05) is 13.0 Å². The van der Waals surface area contributed by atoms with Gasteiger partial charge in [-0.15, -0.1) is 0 Å². The standard InChI is InChI=1S/C13H10Cl2N2O/c1-8-2-3-10(11(14)6-8)13(18)17-9-4-5-16-12(15)7-9/h2-7H,1H3,(H,16,17,18). The lowest BCUT2D eigenvalue weighted by atomic mass is 10.1. The van der Waals surface area contributed by atoms with Crippen molar-refractivity contribution in [2.24, 2.45) is 0 Å². The van der Waals surface area contributed by atoms with Crippen LogP contribution in [0.2, 0.25) is 10.2 Å². The Morgan fingerprint density at radius 3 is 2.67 bits per heavy atom. The molecule has 1 aromatic carbocycles. The fourth-order valence-electron chi connectivity index (χ4n) is 1.48. The number of carbonyl (C=O) groups excluding carboxylic acids is 1. The Hall–Kier alpha value is -1.58. The molecule has 0 unspecified atom stereocenters. The molecule has 1 amide bonds. The number of halogens is 2. The Balaban J connectivity index is 2.22. The molecule has 1 N–H and O–H groups in total. The molecule has 0 atom stereocenters. The highest BCUT2D eigenvalue weighted by atomic mass is 35.5. The largest absolute Gasteiger partial charge is 0.322 e. The second kappa shape index (κ2) is 5.38. The first-order valence-corrected chi connectivity index (χ1v) is 6.01. The Bertz CT molecular complexity index is 599. The van der Waals surface area contributed by atoms with E-state index in [0.717, 1.165) is 5.56 Å². The van der Waals surface area contributed by atoms with Crippen LogP contribution in [0.15, 0.2) is 36.5 Å². The van der Waals surface area contributed by atoms with Crippen molar-refractivity contribution in [3.8, 4) is 0 Å². The maximum absolute atomic E-state index is 12.0. The summed E-state index contributed by atoms with van der Waals surface area (Å²) in [7, 11) is 0. The van der Waals surface area contributed by atoms with Crippen LogP contribution in [0.1, 0.15) is 15.9 Å². The summed E-state index contributed by atoms with van der Waals surface area (Å²) in [6.45, 7) is 1.91. The smallest absolute Gasteiger partial charge is 0.257 e. The van der Waals surface area contributed by atoms with E-state index in [1.54, 1.807) is 24.3 Å². The molecule has 0 spiro atoms. The van der Waals surface area contributed by atoms with Gasteiger partial charge in [-0.05, 0) is 36.8 Å². The molecule has 0 saturated heterocycles. The first kappa shape index (κ1) is 12.9. The van der Waals surface area contributed by atoms with Crippen LogP contribution >= 0.6 is 23.2 Å². The van der Waals surface area contributed by atoms with Gasteiger partial charge in [0.15, 0.2) is 0 Å². The average Bonchev–Trinajstić information content (AvgIpc) is 2.28. The number of aryl methyl sites for hydroxylation is 1. The van der Waals surface area contributed by atoms with Gasteiger partial charge in [-0.3, -0.25) is 4.79 Å². The van der Waals surface area contributed by atoms with Gasteiger partial charge in [-0.25, -0.2) is 4.98 Å². The average molecular weight is 281 g/mol. The van der Waals surface area contributed by atoms with Crippen molar-refractivity contribution >= 4 is 34.8 Å². The zero-order valence-electron chi connectivity index (χ0n) is 9.58. The number of aromatic nitrogens is 1. The van der Waals surface area contributed by atoms with Crippen molar-refractivity contribution in [3.63, 3.8) is 0 Å². The summed E-state index contributed by atoms with van der Waals surface area (Å²) < 4.78 is 0. The SMILES string of the molecule is Cc1ccc(C(=O)Nc2ccnc(Cl)c2)c(Cl)c1. The summed E-state index contributed by atoms with van der Waals surface area (Å²) in [5, 5.41) is 3.46. The van der Waals surface area contributed by atoms with E-state index in [4.69, 9.17) is 23.2 Å². The van der Waals surface area contributed by atoms with E-state index in [1.165, 1.54) is 6.20 Å². The third-order valence-electron chi connectivity index (χ3n) is 2.35. The molecule has 2 aromatic rings. The molecule has 2 rings (SSSR count). The summed E-state index contributed by atoms with van der Waals surface area (Å²) in [5.41, 5.74) is 2.01. The number of hydrogen-bond acceptors (Lipinski definition) is 2. The van der Waals surface area contributed by atoms with E-state index >= 15 is 0 Å². The number of pyridine rings is 1. The van der Waals surface area contributed by atoms with Crippen LogP contribution in [-0.4, -0.2) is 10.9 Å². The lowest BCUT2D eigenvalue weighted by Gasteiger charge is -2.07. The number of hydrogen-bond donors (Lipinski definition) is 1. The molecule has 0 fully saturated rings. The van der Waals surface area contributed by atoms with Gasteiger partial charge >= 0.3 is 0 Å². The highest BCUT2D eigenvalue weighted by molar-refractivity contribution is 6.34. The third kappa shape index (κ3) is 3.00. The molecule has 92 valence electrons. The predicted octanol–water partition coefficient (Wildman–Crippen LogP) is 3.95. The molecular formula is C13H10Cl2N2O. The van der Waals surface area contributed by atoms with Crippen LogP contribution in [0, 0.1) is 6.92 Å². The van der Waals surface area contributed by atoms with Crippen molar-refractivity contribution in [1.29, 1.82) is 0 Å². The number of nitrogens with one attached hydrogen (secondary N) is 1. The fourth-order valence-corrected chi connectivity index (χ4v) is 1.98. The first-order valence-electron chi connectivity index (χ1n) is 5.25. The summed E-state index contributed by atoms with van der Waals surface area (Å²) >= 11 is 11.8. The molecule has 0 aliphatic heterocycles. The molecule has 0 radical (unpaired) electrons. The minimum absolute atomic E-state index is 0.276. The number of anilines is 1. The van der Waals surface area contributed by atoms with E-state index in [-0.39, 0.29) is 5.91 Å². The number of benzene rings is 1. The number of carbonyl (C=O) groups is 1. The number of rotatable bonds is 2. The lowest BCUT2D eigenvalue weighted by Crippen LogP contribution is -2.12. The van der Waals surface area contributed by atoms with Crippen LogP contribution in [0.25, 0.3) is 0 Å². The third-order valence-corrected chi connectivity index (χ3v) is 2.87. The summed E-state index contributed by atoms with van der Waals surface area (Å²) in [6.07, 6.45) is 1.52. The number of nitrogens with zero attached hydrogens (tertiary/aromatic N) is 1. The molecule has 5 heteroatoms. The normalized spacial score (nSPS) is 10.2. The lowest BCUT2D eigenvalue weighted by molar-refractivity contribution is 0.102. The monoisotopic (exact) mass is 280 g/mol. The molecule has 0 bridgehead atoms. The molecule has 1 aromatic heterocycles. The summed E-state index contributed by atoms with van der Waals surface area (Å²) in [5.74, 6) is -0.276. The van der Waals surface area contributed by atoms with Crippen molar-refractivity contribution < 1.29 is 4.79 Å². The summed E-state index contributed by atoms with van der Waals surface area (Å²) in [6, 6.07) is 8.50. The van der Waals surface area contributed by atoms with Gasteiger partial charge in [-0.1, -0.05) is 29.3 Å². The van der Waals surface area contributed by atoms with Gasteiger partial charge < -0.3 is 5.32 Å². The highest BCUT2D eigenvalue weighted by Crippen LogP contribution is 2.19. The maximum atomic E-state index is 12.0. The minimum atomic E-state index is -0.276. The zero-order valence-corrected chi connectivity index (χ0v) is 11.1. The van der Waals surface area contributed by atoms with Crippen LogP contribution in [0.3, 0.4) is 0 Å². The first-order chi connectivity index (χ1) is 8.56. The van der Waals surface area contributed by atoms with Crippen molar-refractivity contribution in [1.82, 2.24) is 4.98 Å². The van der Waals surface area contributed by atoms with Gasteiger partial charge in [0, 0.05) is 11.9 Å². The minimum Gasteiger partial charge on any atom is -0.322 e. The van der Waals surface area contributed by atoms with Gasteiger partial charge in [0.1, 0.15) is 5.15 Å². The van der Waals surface area contributed by atoms with E-state index in [9.17, 15) is 4.79 Å². The fraction of sp³-hybridized carbons (Fsp3) is 0.0769. The molecular weight excluding hydrogens is 271 g/mol. The molecule has 0 saturated carbocycles. The Labute approximate surface area is 115 Å². The molecule has 3 nitrogen and oxygen atoms in total. The second-order valence-corrected chi connectivity index (χ2v) is 4.60. The van der Waals surface area contributed by atoms with Crippen LogP contribution in [0.4, 0.5) is 5.69 Å². The molecule has 0 aliphatic carbocycles. The van der Waals surface area contributed by atoms with Crippen molar-refractivity contribution in [2.45, 2.75) is 6.92 Å². The second-order valence-electron chi connectivity index (χ2n) is 3.80. The zero-order chi connectivity index (χ0) is 13.1. The van der Waals surface area contributed by atoms with E-state index in [2.05, 4.69) is 10.3 Å². The predicted molar refractivity (Wildman–Crippen MR) is 73.4 cm³/mol. The Kier molecular flexibility index (Phi) is 3.84. The highest BCUT2D eigenvalue weighted by Gasteiger charge is 2.10. The molecule has 18 heavy (non-hydrogen) atoms. The van der Waals surface area contributed by atoms with Gasteiger partial charge in [0.05, 0.1) is 10.6 Å². The van der Waals surface area contributed by atoms with E-state index < -0.39 is 0 Å². The Morgan fingerprint density at radius 2 is 2.00 bits per heavy atom. The van der Waals surface area contributed by atoms with Gasteiger partial charge in [0.25, 0.3) is 5.91 Å². The summed E-state index contributed by atoms with van der Waals surface area (Å²) in [4.78, 5) is 15.8. The quantitative estimate of drug-likeness (QED) is 0.847. The molecule has 0 aliphatic rings. The van der Waals surface area contributed by atoms with Crippen LogP contribution in [-0.2, 0) is 0 Å². The molecule has 1 heterocycles. The van der Waals surface area contributed by atoms with E-state index in [0.29, 0.717) is 21.4 Å². The topological polar surface area (TPSA) is 42.0 Å². The van der Waals surface area contributed by atoms with Crippen molar-refractivity contribution in [3.05, 3.63) is 57.8 Å². The Morgan fingerprint density at radius 1 is 1.22 bits per heavy atom. The number of amides is 1. The van der Waals surface area contributed by atoms with Gasteiger partial charge in [-0.2, -0.15) is 0 Å². The maximum Gasteiger partial charge on any atom is 0.257 e. The van der Waals surface area contributed by atoms with Gasteiger partial charge in [0.2, 0.25) is 0 Å². The van der Waals surface area contributed by atoms with Crippen LogP contribution in [0.5, 0.6) is 0 Å². The van der Waals surface area contributed by atoms with Crippen molar-refractivity contribution in [2.75, 3.05) is 5.32 Å².